The highest BCUT2D eigenvalue weighted by Gasteiger charge is 2.44. The Hall–Kier alpha value is -3.61. The summed E-state index contributed by atoms with van der Waals surface area (Å²) in [5, 5.41) is 11.0. The van der Waals surface area contributed by atoms with Crippen molar-refractivity contribution in [2.75, 3.05) is 21.3 Å². The lowest BCUT2D eigenvalue weighted by Crippen LogP contribution is -2.24. The molecule has 7 nitrogen and oxygen atoms in total. The molecule has 7 heteroatoms. The second-order valence-electron chi connectivity index (χ2n) is 6.73. The van der Waals surface area contributed by atoms with Gasteiger partial charge in [0.2, 0.25) is 0 Å². The third-order valence-corrected chi connectivity index (χ3v) is 4.93. The van der Waals surface area contributed by atoms with Crippen molar-refractivity contribution in [3.63, 3.8) is 0 Å². The first kappa shape index (κ1) is 20.1. The van der Waals surface area contributed by atoms with Gasteiger partial charge < -0.3 is 19.5 Å². The van der Waals surface area contributed by atoms with Crippen LogP contribution in [0.5, 0.6) is 5.75 Å². The van der Waals surface area contributed by atoms with Gasteiger partial charge in [0.1, 0.15) is 11.5 Å². The van der Waals surface area contributed by atoms with Gasteiger partial charge in [-0.05, 0) is 36.8 Å². The highest BCUT2D eigenvalue weighted by molar-refractivity contribution is 6.46. The molecule has 0 radical (unpaired) electrons. The average molecular weight is 395 g/mol. The maximum absolute atomic E-state index is 12.7. The molecular formula is C22H21NO6. The summed E-state index contributed by atoms with van der Waals surface area (Å²) in [4.78, 5) is 38.0. The van der Waals surface area contributed by atoms with Gasteiger partial charge in [0.05, 0.1) is 37.0 Å². The van der Waals surface area contributed by atoms with Gasteiger partial charge in [-0.2, -0.15) is 0 Å². The molecule has 0 saturated carbocycles. The molecule has 1 unspecified atom stereocenters. The van der Waals surface area contributed by atoms with Crippen molar-refractivity contribution < 1.29 is 29.0 Å². The summed E-state index contributed by atoms with van der Waals surface area (Å²) in [7, 11) is 4.24. The van der Waals surface area contributed by atoms with E-state index in [4.69, 9.17) is 4.74 Å². The summed E-state index contributed by atoms with van der Waals surface area (Å²) in [5.74, 6) is -1.92. The number of esters is 1. The van der Waals surface area contributed by atoms with Crippen molar-refractivity contribution in [2.24, 2.45) is 0 Å². The minimum Gasteiger partial charge on any atom is -0.507 e. The van der Waals surface area contributed by atoms with E-state index in [-0.39, 0.29) is 11.3 Å². The second-order valence-corrected chi connectivity index (χ2v) is 6.73. The number of Topliss-reactive ketones (excluding diaryl/α,β-unsaturated/α-hetero) is 1. The quantitative estimate of drug-likeness (QED) is 0.370. The molecule has 150 valence electrons. The normalized spacial score (nSPS) is 18.1. The maximum Gasteiger partial charge on any atom is 0.337 e. The minimum absolute atomic E-state index is 0.0350. The first-order chi connectivity index (χ1) is 13.8. The van der Waals surface area contributed by atoms with Crippen LogP contribution in [0.3, 0.4) is 0 Å². The number of likely N-dealkylation sites (N-methyl/N-ethyl adjacent to an activating group) is 1. The maximum atomic E-state index is 12.7. The summed E-state index contributed by atoms with van der Waals surface area (Å²) in [6, 6.07) is 10.7. The Labute approximate surface area is 168 Å². The number of aliphatic hydroxyl groups excluding tert-OH is 1. The topological polar surface area (TPSA) is 93.1 Å². The average Bonchev–Trinajstić information content (AvgIpc) is 2.96. The number of nitrogens with zero attached hydrogens (tertiary/aromatic N) is 1. The largest absolute Gasteiger partial charge is 0.507 e. The lowest BCUT2D eigenvalue weighted by atomic mass is 9.94. The number of aryl methyl sites for hydroxylation is 1. The van der Waals surface area contributed by atoms with E-state index in [9.17, 15) is 19.5 Å². The molecule has 1 saturated heterocycles. The number of amides is 1. The smallest absolute Gasteiger partial charge is 0.337 e. The second kappa shape index (κ2) is 7.79. The standard InChI is InChI=1S/C22H21NO6/c1-12-5-10-16(28-3)15(11-12)19(24)17-18(23(2)21(26)20(17)25)13-6-8-14(9-7-13)22(27)29-4/h5-11,18,24H,1-4H3/b19-17+. The summed E-state index contributed by atoms with van der Waals surface area (Å²) < 4.78 is 10.00. The molecule has 2 aromatic carbocycles. The van der Waals surface area contributed by atoms with Gasteiger partial charge in [0.25, 0.3) is 11.7 Å². The van der Waals surface area contributed by atoms with Gasteiger partial charge in [-0.15, -0.1) is 0 Å². The van der Waals surface area contributed by atoms with Crippen LogP contribution >= 0.6 is 0 Å². The van der Waals surface area contributed by atoms with Crippen molar-refractivity contribution in [3.8, 4) is 5.75 Å². The lowest BCUT2D eigenvalue weighted by molar-refractivity contribution is -0.139. The zero-order valence-corrected chi connectivity index (χ0v) is 16.6. The number of carbonyl (C=O) groups excluding carboxylic acids is 3. The van der Waals surface area contributed by atoms with Crippen LogP contribution in [0.4, 0.5) is 0 Å². The molecule has 2 aromatic rings. The van der Waals surface area contributed by atoms with Crippen molar-refractivity contribution in [1.82, 2.24) is 4.90 Å². The third kappa shape index (κ3) is 3.47. The predicted octanol–water partition coefficient (Wildman–Crippen LogP) is 2.84. The van der Waals surface area contributed by atoms with Crippen molar-refractivity contribution in [1.29, 1.82) is 0 Å². The number of benzene rings is 2. The monoisotopic (exact) mass is 395 g/mol. The van der Waals surface area contributed by atoms with Crippen molar-refractivity contribution >= 4 is 23.4 Å². The number of carbonyl (C=O) groups is 3. The van der Waals surface area contributed by atoms with Crippen molar-refractivity contribution in [3.05, 3.63) is 70.3 Å². The number of aliphatic hydroxyl groups is 1. The summed E-state index contributed by atoms with van der Waals surface area (Å²) in [6.07, 6.45) is 0. The van der Waals surface area contributed by atoms with Crippen LogP contribution in [-0.2, 0) is 14.3 Å². The van der Waals surface area contributed by atoms with E-state index in [1.807, 2.05) is 13.0 Å². The predicted molar refractivity (Wildman–Crippen MR) is 106 cm³/mol. The van der Waals surface area contributed by atoms with Crippen LogP contribution in [0.15, 0.2) is 48.0 Å². The van der Waals surface area contributed by atoms with Gasteiger partial charge in [-0.25, -0.2) is 4.79 Å². The summed E-state index contributed by atoms with van der Waals surface area (Å²) in [5.41, 5.74) is 2.07. The first-order valence-electron chi connectivity index (χ1n) is 8.88. The van der Waals surface area contributed by atoms with Crippen molar-refractivity contribution in [2.45, 2.75) is 13.0 Å². The van der Waals surface area contributed by atoms with Gasteiger partial charge in [0, 0.05) is 7.05 Å². The van der Waals surface area contributed by atoms with E-state index in [0.29, 0.717) is 22.4 Å². The van der Waals surface area contributed by atoms with E-state index in [1.54, 1.807) is 36.4 Å². The Morgan fingerprint density at radius 2 is 1.72 bits per heavy atom. The third-order valence-electron chi connectivity index (χ3n) is 4.93. The molecule has 1 fully saturated rings. The number of likely N-dealkylation sites (tertiary alicyclic amines) is 1. The molecule has 0 aromatic heterocycles. The van der Waals surface area contributed by atoms with Crippen LogP contribution in [0.1, 0.15) is 33.1 Å². The number of hydrogen-bond acceptors (Lipinski definition) is 6. The fraction of sp³-hybridized carbons (Fsp3) is 0.227. The molecule has 0 bridgehead atoms. The Morgan fingerprint density at radius 1 is 1.07 bits per heavy atom. The fourth-order valence-electron chi connectivity index (χ4n) is 3.41. The van der Waals surface area contributed by atoms with Crippen LogP contribution in [0.25, 0.3) is 5.76 Å². The number of ketones is 1. The summed E-state index contributed by atoms with van der Waals surface area (Å²) in [6.45, 7) is 1.84. The molecular weight excluding hydrogens is 374 g/mol. The highest BCUT2D eigenvalue weighted by Crippen LogP contribution is 2.40. The molecule has 0 aliphatic carbocycles. The van der Waals surface area contributed by atoms with Crippen LogP contribution in [0, 0.1) is 6.92 Å². The van der Waals surface area contributed by atoms with E-state index in [2.05, 4.69) is 4.74 Å². The van der Waals surface area contributed by atoms with E-state index in [0.717, 1.165) is 5.56 Å². The van der Waals surface area contributed by atoms with E-state index < -0.39 is 23.7 Å². The minimum atomic E-state index is -0.799. The number of ether oxygens (including phenoxy) is 2. The molecule has 1 N–H and O–H groups in total. The Bertz CT molecular complexity index is 1020. The Morgan fingerprint density at radius 3 is 2.31 bits per heavy atom. The van der Waals surface area contributed by atoms with E-state index in [1.165, 1.54) is 26.2 Å². The van der Waals surface area contributed by atoms with Gasteiger partial charge >= 0.3 is 5.97 Å². The van der Waals surface area contributed by atoms with Gasteiger partial charge in [-0.3, -0.25) is 9.59 Å². The molecule has 1 aliphatic rings. The zero-order chi connectivity index (χ0) is 21.3. The molecule has 3 rings (SSSR count). The Kier molecular flexibility index (Phi) is 5.41. The fourth-order valence-corrected chi connectivity index (χ4v) is 3.41. The van der Waals surface area contributed by atoms with Gasteiger partial charge in [-0.1, -0.05) is 23.8 Å². The number of hydrogen-bond donors (Lipinski definition) is 1. The molecule has 29 heavy (non-hydrogen) atoms. The van der Waals surface area contributed by atoms with Gasteiger partial charge in [0.15, 0.2) is 0 Å². The number of rotatable bonds is 4. The van der Waals surface area contributed by atoms with E-state index >= 15 is 0 Å². The molecule has 1 atom stereocenters. The molecule has 0 spiro atoms. The van der Waals surface area contributed by atoms with Crippen LogP contribution in [-0.4, -0.2) is 48.9 Å². The molecule has 1 aliphatic heterocycles. The van der Waals surface area contributed by atoms with Crippen LogP contribution < -0.4 is 4.74 Å². The highest BCUT2D eigenvalue weighted by atomic mass is 16.5. The molecule has 1 amide bonds. The summed E-state index contributed by atoms with van der Waals surface area (Å²) >= 11 is 0. The van der Waals surface area contributed by atoms with Crippen LogP contribution in [0.2, 0.25) is 0 Å². The molecule has 1 heterocycles. The number of methoxy groups -OCH3 is 2. The zero-order valence-electron chi connectivity index (χ0n) is 16.6. The SMILES string of the molecule is COC(=O)c1ccc(C2/C(=C(\O)c3cc(C)ccc3OC)C(=O)C(=O)N2C)cc1. The first-order valence-corrected chi connectivity index (χ1v) is 8.88. The lowest BCUT2D eigenvalue weighted by Gasteiger charge is -2.21. The Balaban J connectivity index is 2.16.